The largest absolute Gasteiger partial charge is 0.310 e. The van der Waals surface area contributed by atoms with Gasteiger partial charge in [-0.05, 0) is 14.0 Å². The van der Waals surface area contributed by atoms with Gasteiger partial charge in [0.2, 0.25) is 0 Å². The third-order valence-corrected chi connectivity index (χ3v) is 1.43. The molecule has 0 aromatic carbocycles. The van der Waals surface area contributed by atoms with Crippen LogP contribution in [0.25, 0.3) is 0 Å². The Morgan fingerprint density at radius 3 is 2.70 bits per heavy atom. The Kier molecular flexibility index (Phi) is 4.76. The van der Waals surface area contributed by atoms with Gasteiger partial charge in [0.1, 0.15) is 6.29 Å². The van der Waals surface area contributed by atoms with E-state index in [9.17, 15) is 4.79 Å². The molecule has 10 heavy (non-hydrogen) atoms. The molecule has 0 rings (SSSR count). The fraction of sp³-hybridized carbons (Fsp3) is 0.714. The van der Waals surface area contributed by atoms with Gasteiger partial charge in [-0.2, -0.15) is 0 Å². The Morgan fingerprint density at radius 2 is 2.40 bits per heavy atom. The molecule has 0 saturated carbocycles. The SMILES string of the molecule is CN=C(C)CC(C=O)NC. The molecular formula is C7H14N2O. The molecule has 0 heterocycles. The van der Waals surface area contributed by atoms with Gasteiger partial charge in [-0.15, -0.1) is 0 Å². The van der Waals surface area contributed by atoms with Gasteiger partial charge < -0.3 is 10.1 Å². The Balaban J connectivity index is 3.74. The van der Waals surface area contributed by atoms with Crippen LogP contribution >= 0.6 is 0 Å². The number of rotatable bonds is 4. The standard InChI is InChI=1S/C7H14N2O/c1-6(8-2)4-7(5-10)9-3/h5,7,9H,4H2,1-3H3. The number of nitrogens with zero attached hydrogens (tertiary/aromatic N) is 1. The van der Waals surface area contributed by atoms with Gasteiger partial charge in [-0.3, -0.25) is 4.99 Å². The molecular weight excluding hydrogens is 128 g/mol. The summed E-state index contributed by atoms with van der Waals surface area (Å²) >= 11 is 0. The summed E-state index contributed by atoms with van der Waals surface area (Å²) in [5.74, 6) is 0. The summed E-state index contributed by atoms with van der Waals surface area (Å²) in [7, 11) is 3.49. The van der Waals surface area contributed by atoms with E-state index < -0.39 is 0 Å². The lowest BCUT2D eigenvalue weighted by molar-refractivity contribution is -0.109. The summed E-state index contributed by atoms with van der Waals surface area (Å²) < 4.78 is 0. The first-order valence-electron chi connectivity index (χ1n) is 3.29. The number of aldehydes is 1. The molecule has 0 saturated heterocycles. The average Bonchev–Trinajstić information content (AvgIpc) is 1.99. The zero-order valence-corrected chi connectivity index (χ0v) is 6.72. The zero-order valence-electron chi connectivity index (χ0n) is 6.72. The minimum atomic E-state index is -0.0799. The molecule has 0 aromatic heterocycles. The maximum absolute atomic E-state index is 10.3. The van der Waals surface area contributed by atoms with E-state index in [1.165, 1.54) is 0 Å². The van der Waals surface area contributed by atoms with Gasteiger partial charge >= 0.3 is 0 Å². The summed E-state index contributed by atoms with van der Waals surface area (Å²) in [6, 6.07) is -0.0799. The minimum Gasteiger partial charge on any atom is -0.310 e. The molecule has 0 amide bonds. The highest BCUT2D eigenvalue weighted by atomic mass is 16.1. The Bertz CT molecular complexity index is 132. The molecule has 0 aromatic rings. The van der Waals surface area contributed by atoms with E-state index in [0.717, 1.165) is 12.0 Å². The van der Waals surface area contributed by atoms with Crippen molar-refractivity contribution in [3.63, 3.8) is 0 Å². The number of carbonyl (C=O) groups is 1. The lowest BCUT2D eigenvalue weighted by Gasteiger charge is -2.06. The third-order valence-electron chi connectivity index (χ3n) is 1.43. The molecule has 0 radical (unpaired) electrons. The number of hydrogen-bond acceptors (Lipinski definition) is 3. The van der Waals surface area contributed by atoms with E-state index in [1.807, 2.05) is 6.92 Å². The van der Waals surface area contributed by atoms with Crippen LogP contribution < -0.4 is 5.32 Å². The van der Waals surface area contributed by atoms with Crippen molar-refractivity contribution in [1.29, 1.82) is 0 Å². The summed E-state index contributed by atoms with van der Waals surface area (Å²) in [5, 5.41) is 2.87. The molecule has 0 spiro atoms. The Morgan fingerprint density at radius 1 is 1.80 bits per heavy atom. The van der Waals surface area contributed by atoms with Gasteiger partial charge in [0.05, 0.1) is 6.04 Å². The highest BCUT2D eigenvalue weighted by Crippen LogP contribution is 1.90. The van der Waals surface area contributed by atoms with Crippen molar-refractivity contribution >= 4 is 12.0 Å². The molecule has 1 atom stereocenters. The van der Waals surface area contributed by atoms with Gasteiger partial charge in [0.25, 0.3) is 0 Å². The second-order valence-electron chi connectivity index (χ2n) is 2.19. The quantitative estimate of drug-likeness (QED) is 0.451. The van der Waals surface area contributed by atoms with E-state index in [-0.39, 0.29) is 6.04 Å². The zero-order chi connectivity index (χ0) is 7.98. The molecule has 0 aliphatic heterocycles. The lowest BCUT2D eigenvalue weighted by atomic mass is 10.2. The number of aliphatic imine (C=N–C) groups is 1. The Labute approximate surface area is 61.5 Å². The van der Waals surface area contributed by atoms with Crippen LogP contribution in [-0.2, 0) is 4.79 Å². The molecule has 58 valence electrons. The Hall–Kier alpha value is -0.700. The van der Waals surface area contributed by atoms with Crippen LogP contribution in [0.4, 0.5) is 0 Å². The van der Waals surface area contributed by atoms with Crippen LogP contribution in [-0.4, -0.2) is 32.1 Å². The maximum Gasteiger partial charge on any atom is 0.137 e. The fourth-order valence-electron chi connectivity index (χ4n) is 0.628. The van der Waals surface area contributed by atoms with Crippen LogP contribution in [0.3, 0.4) is 0 Å². The first kappa shape index (κ1) is 9.30. The van der Waals surface area contributed by atoms with Crippen molar-refractivity contribution in [3.8, 4) is 0 Å². The molecule has 0 aliphatic carbocycles. The first-order valence-corrected chi connectivity index (χ1v) is 3.29. The second-order valence-corrected chi connectivity index (χ2v) is 2.19. The van der Waals surface area contributed by atoms with Crippen LogP contribution in [0.2, 0.25) is 0 Å². The highest BCUT2D eigenvalue weighted by Gasteiger charge is 2.03. The smallest absolute Gasteiger partial charge is 0.137 e. The van der Waals surface area contributed by atoms with Crippen molar-refractivity contribution in [1.82, 2.24) is 5.32 Å². The van der Waals surface area contributed by atoms with Crippen molar-refractivity contribution < 1.29 is 4.79 Å². The van der Waals surface area contributed by atoms with Gasteiger partial charge in [-0.1, -0.05) is 0 Å². The van der Waals surface area contributed by atoms with E-state index in [4.69, 9.17) is 0 Å². The van der Waals surface area contributed by atoms with Crippen LogP contribution in [0.1, 0.15) is 13.3 Å². The van der Waals surface area contributed by atoms with Gasteiger partial charge in [0.15, 0.2) is 0 Å². The van der Waals surface area contributed by atoms with Gasteiger partial charge in [-0.25, -0.2) is 0 Å². The molecule has 3 nitrogen and oxygen atoms in total. The second kappa shape index (κ2) is 5.11. The maximum atomic E-state index is 10.3. The number of hydrogen-bond donors (Lipinski definition) is 1. The molecule has 0 bridgehead atoms. The lowest BCUT2D eigenvalue weighted by Crippen LogP contribution is -2.28. The van der Waals surface area contributed by atoms with E-state index in [2.05, 4.69) is 10.3 Å². The number of carbonyl (C=O) groups excluding carboxylic acids is 1. The van der Waals surface area contributed by atoms with Crippen molar-refractivity contribution in [2.24, 2.45) is 4.99 Å². The monoisotopic (exact) mass is 142 g/mol. The normalized spacial score (nSPS) is 14.9. The van der Waals surface area contributed by atoms with E-state index >= 15 is 0 Å². The average molecular weight is 142 g/mol. The molecule has 0 aliphatic rings. The van der Waals surface area contributed by atoms with E-state index in [1.54, 1.807) is 14.1 Å². The van der Waals surface area contributed by atoms with Crippen LogP contribution in [0, 0.1) is 0 Å². The summed E-state index contributed by atoms with van der Waals surface area (Å²) in [4.78, 5) is 14.2. The van der Waals surface area contributed by atoms with E-state index in [0.29, 0.717) is 6.42 Å². The summed E-state index contributed by atoms with van der Waals surface area (Å²) in [5.41, 5.74) is 0.992. The predicted octanol–water partition coefficient (Wildman–Crippen LogP) is 0.254. The molecule has 0 fully saturated rings. The van der Waals surface area contributed by atoms with Crippen molar-refractivity contribution in [3.05, 3.63) is 0 Å². The predicted molar refractivity (Wildman–Crippen MR) is 42.6 cm³/mol. The van der Waals surface area contributed by atoms with Crippen molar-refractivity contribution in [2.75, 3.05) is 14.1 Å². The first-order chi connectivity index (χ1) is 4.74. The topological polar surface area (TPSA) is 41.5 Å². The highest BCUT2D eigenvalue weighted by molar-refractivity contribution is 5.85. The third kappa shape index (κ3) is 3.35. The minimum absolute atomic E-state index is 0.0799. The van der Waals surface area contributed by atoms with Crippen molar-refractivity contribution in [2.45, 2.75) is 19.4 Å². The summed E-state index contributed by atoms with van der Waals surface area (Å²) in [6.07, 6.45) is 1.60. The number of likely N-dealkylation sites (N-methyl/N-ethyl adjacent to an activating group) is 1. The molecule has 3 heteroatoms. The fourth-order valence-corrected chi connectivity index (χ4v) is 0.628. The van der Waals surface area contributed by atoms with Crippen LogP contribution in [0.15, 0.2) is 4.99 Å². The molecule has 1 unspecified atom stereocenters. The molecule has 1 N–H and O–H groups in total. The van der Waals surface area contributed by atoms with Gasteiger partial charge in [0, 0.05) is 19.2 Å². The van der Waals surface area contributed by atoms with Crippen LogP contribution in [0.5, 0.6) is 0 Å². The number of nitrogens with one attached hydrogen (secondary N) is 1. The summed E-state index contributed by atoms with van der Waals surface area (Å²) in [6.45, 7) is 1.91.